The average molecular weight is 242 g/mol. The largest absolute Gasteiger partial charge is 0.493 e. The van der Waals surface area contributed by atoms with Crippen molar-refractivity contribution in [1.82, 2.24) is 0 Å². The molecule has 0 N–H and O–H groups in total. The van der Waals surface area contributed by atoms with Gasteiger partial charge in [0.1, 0.15) is 11.6 Å². The molecule has 0 bridgehead atoms. The van der Waals surface area contributed by atoms with E-state index in [1.54, 1.807) is 12.1 Å². The highest BCUT2D eigenvalue weighted by atomic mass is 32.1. The molecule has 3 heteroatoms. The van der Waals surface area contributed by atoms with Gasteiger partial charge in [0.2, 0.25) is 0 Å². The smallest absolute Gasteiger partial charge is 0.126 e. The molecular formula is C13H19FOS. The molecule has 0 atom stereocenters. The van der Waals surface area contributed by atoms with E-state index in [-0.39, 0.29) is 11.2 Å². The third-order valence-electron chi connectivity index (χ3n) is 3.18. The molecule has 1 aromatic rings. The molecule has 0 aliphatic rings. The van der Waals surface area contributed by atoms with Crippen molar-refractivity contribution in [3.63, 3.8) is 0 Å². The Hall–Kier alpha value is -0.700. The Morgan fingerprint density at radius 3 is 2.50 bits per heavy atom. The van der Waals surface area contributed by atoms with Crippen LogP contribution in [0.5, 0.6) is 5.75 Å². The molecule has 0 spiro atoms. The Labute approximate surface area is 102 Å². The van der Waals surface area contributed by atoms with Gasteiger partial charge in [-0.2, -0.15) is 12.6 Å². The molecule has 16 heavy (non-hydrogen) atoms. The number of benzene rings is 1. The summed E-state index contributed by atoms with van der Waals surface area (Å²) in [5.74, 6) is 1.12. The first-order valence-corrected chi connectivity index (χ1v) is 6.28. The van der Waals surface area contributed by atoms with Gasteiger partial charge in [0.05, 0.1) is 6.61 Å². The van der Waals surface area contributed by atoms with Crippen LogP contribution in [0.3, 0.4) is 0 Å². The highest BCUT2D eigenvalue weighted by molar-refractivity contribution is 7.80. The van der Waals surface area contributed by atoms with Gasteiger partial charge in [0.25, 0.3) is 0 Å². The van der Waals surface area contributed by atoms with Crippen molar-refractivity contribution in [3.8, 4) is 5.75 Å². The van der Waals surface area contributed by atoms with Crippen LogP contribution < -0.4 is 4.74 Å². The number of thiol groups is 1. The molecule has 0 aromatic heterocycles. The molecule has 0 saturated heterocycles. The molecular weight excluding hydrogens is 223 g/mol. The number of ether oxygens (including phenoxy) is 1. The third-order valence-corrected chi connectivity index (χ3v) is 3.85. The quantitative estimate of drug-likeness (QED) is 0.743. The molecule has 0 aliphatic heterocycles. The van der Waals surface area contributed by atoms with Gasteiger partial charge in [-0.1, -0.05) is 19.9 Å². The zero-order valence-electron chi connectivity index (χ0n) is 9.87. The number of rotatable bonds is 6. The van der Waals surface area contributed by atoms with Crippen LogP contribution in [0.2, 0.25) is 0 Å². The van der Waals surface area contributed by atoms with E-state index < -0.39 is 0 Å². The molecule has 1 rings (SSSR count). The minimum Gasteiger partial charge on any atom is -0.493 e. The first-order valence-electron chi connectivity index (χ1n) is 5.65. The van der Waals surface area contributed by atoms with Crippen molar-refractivity contribution < 1.29 is 9.13 Å². The Morgan fingerprint density at radius 1 is 1.31 bits per heavy atom. The summed E-state index contributed by atoms with van der Waals surface area (Å²) >= 11 is 4.37. The van der Waals surface area contributed by atoms with Crippen LogP contribution in [0.15, 0.2) is 24.3 Å². The molecule has 1 nitrogen and oxygen atoms in total. The van der Waals surface area contributed by atoms with Crippen molar-refractivity contribution >= 4 is 12.6 Å². The van der Waals surface area contributed by atoms with Crippen LogP contribution in [0.4, 0.5) is 4.39 Å². The number of halogens is 1. The van der Waals surface area contributed by atoms with Crippen molar-refractivity contribution in [2.24, 2.45) is 5.41 Å². The van der Waals surface area contributed by atoms with Gasteiger partial charge in [-0.25, -0.2) is 4.39 Å². The van der Waals surface area contributed by atoms with Crippen molar-refractivity contribution in [2.45, 2.75) is 26.7 Å². The molecule has 0 amide bonds. The molecule has 0 heterocycles. The van der Waals surface area contributed by atoms with E-state index in [1.165, 1.54) is 12.1 Å². The second kappa shape index (κ2) is 6.14. The second-order valence-electron chi connectivity index (χ2n) is 4.11. The Morgan fingerprint density at radius 2 is 2.00 bits per heavy atom. The number of hydrogen-bond acceptors (Lipinski definition) is 2. The van der Waals surface area contributed by atoms with Crippen LogP contribution >= 0.6 is 12.6 Å². The van der Waals surface area contributed by atoms with Crippen molar-refractivity contribution in [2.75, 3.05) is 12.4 Å². The Kier molecular flexibility index (Phi) is 5.13. The minimum atomic E-state index is -0.262. The van der Waals surface area contributed by atoms with Crippen LogP contribution in [-0.2, 0) is 0 Å². The van der Waals surface area contributed by atoms with Gasteiger partial charge in [0, 0.05) is 11.5 Å². The molecule has 0 fully saturated rings. The number of hydrogen-bond donors (Lipinski definition) is 1. The van der Waals surface area contributed by atoms with Crippen molar-refractivity contribution in [1.29, 1.82) is 0 Å². The Bertz CT molecular complexity index is 315. The van der Waals surface area contributed by atoms with Crippen LogP contribution in [0.1, 0.15) is 26.7 Å². The van der Waals surface area contributed by atoms with E-state index in [1.807, 2.05) is 0 Å². The SMILES string of the molecule is CCC(CC)(CS)COc1cccc(F)c1. The summed E-state index contributed by atoms with van der Waals surface area (Å²) in [5, 5.41) is 0. The summed E-state index contributed by atoms with van der Waals surface area (Å²) in [5.41, 5.74) is 0.0927. The van der Waals surface area contributed by atoms with Crippen LogP contribution in [0.25, 0.3) is 0 Å². The fraction of sp³-hybridized carbons (Fsp3) is 0.538. The van der Waals surface area contributed by atoms with Crippen LogP contribution in [0, 0.1) is 11.2 Å². The lowest BCUT2D eigenvalue weighted by molar-refractivity contribution is 0.156. The molecule has 0 aliphatic carbocycles. The molecule has 0 saturated carbocycles. The average Bonchev–Trinajstić information content (AvgIpc) is 2.32. The minimum absolute atomic E-state index is 0.0927. The Balaban J connectivity index is 2.62. The molecule has 0 radical (unpaired) electrons. The molecule has 1 aromatic carbocycles. The van der Waals surface area contributed by atoms with E-state index >= 15 is 0 Å². The molecule has 0 unspecified atom stereocenters. The van der Waals surface area contributed by atoms with Gasteiger partial charge in [-0.05, 0) is 30.7 Å². The van der Waals surface area contributed by atoms with Gasteiger partial charge < -0.3 is 4.74 Å². The monoisotopic (exact) mass is 242 g/mol. The van der Waals surface area contributed by atoms with E-state index in [2.05, 4.69) is 26.5 Å². The maximum atomic E-state index is 12.9. The summed E-state index contributed by atoms with van der Waals surface area (Å²) in [4.78, 5) is 0. The van der Waals surface area contributed by atoms with Gasteiger partial charge in [-0.3, -0.25) is 0 Å². The van der Waals surface area contributed by atoms with E-state index in [9.17, 15) is 4.39 Å². The molecule has 90 valence electrons. The highest BCUT2D eigenvalue weighted by Gasteiger charge is 2.25. The maximum absolute atomic E-state index is 12.9. The normalized spacial score (nSPS) is 11.5. The van der Waals surface area contributed by atoms with Gasteiger partial charge in [-0.15, -0.1) is 0 Å². The predicted octanol–water partition coefficient (Wildman–Crippen LogP) is 3.94. The van der Waals surface area contributed by atoms with E-state index in [0.717, 1.165) is 18.6 Å². The summed E-state index contributed by atoms with van der Waals surface area (Å²) < 4.78 is 18.6. The van der Waals surface area contributed by atoms with Crippen molar-refractivity contribution in [3.05, 3.63) is 30.1 Å². The lowest BCUT2D eigenvalue weighted by atomic mass is 9.85. The summed E-state index contributed by atoms with van der Waals surface area (Å²) in [7, 11) is 0. The lowest BCUT2D eigenvalue weighted by Gasteiger charge is -2.29. The first kappa shape index (κ1) is 13.4. The standard InChI is InChI=1S/C13H19FOS/c1-3-13(4-2,10-16)9-15-12-7-5-6-11(14)8-12/h5-8,16H,3-4,9-10H2,1-2H3. The van der Waals surface area contributed by atoms with Gasteiger partial charge >= 0.3 is 0 Å². The van der Waals surface area contributed by atoms with Gasteiger partial charge in [0.15, 0.2) is 0 Å². The van der Waals surface area contributed by atoms with E-state index in [0.29, 0.717) is 12.4 Å². The third kappa shape index (κ3) is 3.41. The van der Waals surface area contributed by atoms with E-state index in [4.69, 9.17) is 4.74 Å². The second-order valence-corrected chi connectivity index (χ2v) is 4.43. The van der Waals surface area contributed by atoms with Crippen LogP contribution in [-0.4, -0.2) is 12.4 Å². The maximum Gasteiger partial charge on any atom is 0.126 e. The highest BCUT2D eigenvalue weighted by Crippen LogP contribution is 2.29. The summed E-state index contributed by atoms with van der Waals surface area (Å²) in [6.07, 6.45) is 2.03. The first-order chi connectivity index (χ1) is 7.65. The summed E-state index contributed by atoms with van der Waals surface area (Å²) in [6.45, 7) is 4.86. The summed E-state index contributed by atoms with van der Waals surface area (Å²) in [6, 6.07) is 6.26. The lowest BCUT2D eigenvalue weighted by Crippen LogP contribution is -2.29. The fourth-order valence-corrected chi connectivity index (χ4v) is 2.06. The zero-order chi connectivity index (χ0) is 12.0. The topological polar surface area (TPSA) is 9.23 Å². The fourth-order valence-electron chi connectivity index (χ4n) is 1.52. The predicted molar refractivity (Wildman–Crippen MR) is 68.8 cm³/mol. The zero-order valence-corrected chi connectivity index (χ0v) is 10.8.